The largest absolute Gasteiger partial charge is 0.488 e. The monoisotopic (exact) mass is 402 g/mol. The fourth-order valence-corrected chi connectivity index (χ4v) is 3.50. The van der Waals surface area contributed by atoms with Gasteiger partial charge in [0.1, 0.15) is 12.2 Å². The van der Waals surface area contributed by atoms with Gasteiger partial charge in [0.25, 0.3) is 0 Å². The molecule has 0 amide bonds. The number of hydrogen-bond donors (Lipinski definition) is 0. The molecule has 0 aliphatic heterocycles. The summed E-state index contributed by atoms with van der Waals surface area (Å²) in [5.74, 6) is 0.610. The van der Waals surface area contributed by atoms with E-state index in [0.29, 0.717) is 34.3 Å². The molecule has 2 heterocycles. The Bertz CT molecular complexity index is 1260. The van der Waals surface area contributed by atoms with Crippen molar-refractivity contribution in [2.24, 2.45) is 0 Å². The van der Waals surface area contributed by atoms with Gasteiger partial charge >= 0.3 is 0 Å². The highest BCUT2D eigenvalue weighted by Gasteiger charge is 2.14. The first-order chi connectivity index (χ1) is 14.4. The lowest BCUT2D eigenvalue weighted by Gasteiger charge is -2.13. The number of nitrogens with zero attached hydrogens (tertiary/aromatic N) is 2. The third-order valence-corrected chi connectivity index (χ3v) is 5.12. The third kappa shape index (κ3) is 4.21. The first-order valence-corrected chi connectivity index (χ1v) is 10.1. The quantitative estimate of drug-likeness (QED) is 0.445. The van der Waals surface area contributed by atoms with E-state index in [0.717, 1.165) is 35.3 Å². The molecule has 0 N–H and O–H groups in total. The molecule has 0 bridgehead atoms. The number of fused-ring (bicyclic) bond motifs is 2. The van der Waals surface area contributed by atoms with Crippen molar-refractivity contribution in [2.45, 2.75) is 20.3 Å². The Morgan fingerprint density at radius 3 is 2.53 bits per heavy atom. The second-order valence-electron chi connectivity index (χ2n) is 8.04. The molecule has 0 spiro atoms. The fourth-order valence-electron chi connectivity index (χ4n) is 3.50. The minimum atomic E-state index is -0.0315. The zero-order valence-corrected chi connectivity index (χ0v) is 17.9. The van der Waals surface area contributed by atoms with Gasteiger partial charge in [-0.1, -0.05) is 12.1 Å². The fraction of sp³-hybridized carbons (Fsp3) is 0.280. The van der Waals surface area contributed by atoms with Crippen LogP contribution in [0.1, 0.15) is 22.4 Å². The van der Waals surface area contributed by atoms with Crippen molar-refractivity contribution >= 4 is 21.9 Å². The smallest absolute Gasteiger partial charge is 0.200 e. The summed E-state index contributed by atoms with van der Waals surface area (Å²) >= 11 is 0. The van der Waals surface area contributed by atoms with Gasteiger partial charge in [-0.15, -0.1) is 0 Å². The van der Waals surface area contributed by atoms with Crippen molar-refractivity contribution in [2.75, 3.05) is 27.2 Å². The molecule has 4 aromatic rings. The molecular formula is C25H26N2O3. The lowest BCUT2D eigenvalue weighted by Crippen LogP contribution is -2.19. The summed E-state index contributed by atoms with van der Waals surface area (Å²) in [5, 5.41) is 1.14. The number of aromatic nitrogens is 1. The van der Waals surface area contributed by atoms with E-state index >= 15 is 0 Å². The van der Waals surface area contributed by atoms with Crippen LogP contribution in [0.4, 0.5) is 0 Å². The Morgan fingerprint density at radius 1 is 1.00 bits per heavy atom. The van der Waals surface area contributed by atoms with Gasteiger partial charge in [0, 0.05) is 18.4 Å². The highest BCUT2D eigenvalue weighted by atomic mass is 16.5. The maximum Gasteiger partial charge on any atom is 0.200 e. The van der Waals surface area contributed by atoms with Crippen LogP contribution in [-0.4, -0.2) is 37.1 Å². The SMILES string of the molecule is Cc1cc(OCCN(C)C)c2oc3cc(Cc4ccc(C)nc4)ccc3c(=O)c2c1. The van der Waals surface area contributed by atoms with Crippen LogP contribution in [-0.2, 0) is 6.42 Å². The van der Waals surface area contributed by atoms with Crippen LogP contribution in [0.2, 0.25) is 0 Å². The number of ether oxygens (including phenoxy) is 1. The summed E-state index contributed by atoms with van der Waals surface area (Å²) < 4.78 is 12.2. The molecule has 5 heteroatoms. The Morgan fingerprint density at radius 2 is 1.80 bits per heavy atom. The molecule has 0 saturated heterocycles. The molecule has 0 aliphatic carbocycles. The number of rotatable bonds is 6. The van der Waals surface area contributed by atoms with Crippen LogP contribution in [0.25, 0.3) is 21.9 Å². The Balaban J connectivity index is 1.77. The summed E-state index contributed by atoms with van der Waals surface area (Å²) in [4.78, 5) is 19.6. The van der Waals surface area contributed by atoms with E-state index in [1.807, 2.05) is 70.5 Å². The lowest BCUT2D eigenvalue weighted by molar-refractivity contribution is 0.261. The molecular weight excluding hydrogens is 376 g/mol. The van der Waals surface area contributed by atoms with Gasteiger partial charge in [0.05, 0.1) is 10.8 Å². The standard InChI is InChI=1S/C25H26N2O3/c1-16-11-21-24(28)20-8-7-18(13-19-6-5-17(2)26-15-19)14-22(20)30-25(21)23(12-16)29-10-9-27(3)4/h5-8,11-12,14-15H,9-10,13H2,1-4H3. The van der Waals surface area contributed by atoms with Gasteiger partial charge in [0.15, 0.2) is 11.3 Å². The molecule has 0 saturated carbocycles. The number of aryl methyl sites for hydroxylation is 2. The molecule has 0 aliphatic rings. The third-order valence-electron chi connectivity index (χ3n) is 5.12. The van der Waals surface area contributed by atoms with Crippen molar-refractivity contribution in [3.63, 3.8) is 0 Å². The van der Waals surface area contributed by atoms with Gasteiger partial charge in [-0.3, -0.25) is 9.78 Å². The number of benzene rings is 2. The predicted octanol–water partition coefficient (Wildman–Crippen LogP) is 4.49. The molecule has 0 atom stereocenters. The molecule has 0 fully saturated rings. The number of hydrogen-bond acceptors (Lipinski definition) is 5. The Kier molecular flexibility index (Phi) is 5.55. The second kappa shape index (κ2) is 8.28. The summed E-state index contributed by atoms with van der Waals surface area (Å²) in [6.45, 7) is 5.23. The minimum Gasteiger partial charge on any atom is -0.488 e. The lowest BCUT2D eigenvalue weighted by atomic mass is 10.0. The van der Waals surface area contributed by atoms with Crippen LogP contribution in [0.5, 0.6) is 5.75 Å². The molecule has 2 aromatic heterocycles. The van der Waals surface area contributed by atoms with Crippen molar-refractivity contribution < 1.29 is 9.15 Å². The van der Waals surface area contributed by atoms with Gasteiger partial charge in [-0.05, 0) is 81.4 Å². The number of pyridine rings is 1. The number of likely N-dealkylation sites (N-methyl/N-ethyl adjacent to an activating group) is 1. The first-order valence-electron chi connectivity index (χ1n) is 10.1. The molecule has 154 valence electrons. The highest BCUT2D eigenvalue weighted by molar-refractivity contribution is 5.93. The maximum absolute atomic E-state index is 13.1. The molecule has 30 heavy (non-hydrogen) atoms. The average Bonchev–Trinajstić information content (AvgIpc) is 2.70. The molecule has 5 nitrogen and oxygen atoms in total. The van der Waals surface area contributed by atoms with Gasteiger partial charge in [-0.2, -0.15) is 0 Å². The highest BCUT2D eigenvalue weighted by Crippen LogP contribution is 2.29. The zero-order chi connectivity index (χ0) is 21.3. The Labute approximate surface area is 175 Å². The first kappa shape index (κ1) is 20.1. The van der Waals surface area contributed by atoms with Crippen LogP contribution in [0, 0.1) is 13.8 Å². The van der Waals surface area contributed by atoms with Gasteiger partial charge < -0.3 is 14.1 Å². The Hall–Kier alpha value is -3.18. The minimum absolute atomic E-state index is 0.0315. The second-order valence-corrected chi connectivity index (χ2v) is 8.04. The predicted molar refractivity (Wildman–Crippen MR) is 121 cm³/mol. The van der Waals surface area contributed by atoms with Crippen molar-refractivity contribution in [1.29, 1.82) is 0 Å². The normalized spacial score (nSPS) is 11.5. The molecule has 0 radical (unpaired) electrons. The molecule has 0 unspecified atom stereocenters. The van der Waals surface area contributed by atoms with E-state index in [1.54, 1.807) is 0 Å². The zero-order valence-electron chi connectivity index (χ0n) is 17.9. The van der Waals surface area contributed by atoms with Crippen LogP contribution in [0.15, 0.2) is 57.9 Å². The van der Waals surface area contributed by atoms with E-state index in [2.05, 4.69) is 16.0 Å². The van der Waals surface area contributed by atoms with Crippen LogP contribution in [0.3, 0.4) is 0 Å². The summed E-state index contributed by atoms with van der Waals surface area (Å²) in [7, 11) is 3.99. The molecule has 2 aromatic carbocycles. The van der Waals surface area contributed by atoms with Gasteiger partial charge in [0.2, 0.25) is 5.43 Å². The van der Waals surface area contributed by atoms with Crippen LogP contribution < -0.4 is 10.2 Å². The van der Waals surface area contributed by atoms with E-state index < -0.39 is 0 Å². The van der Waals surface area contributed by atoms with E-state index in [1.165, 1.54) is 0 Å². The van der Waals surface area contributed by atoms with Crippen LogP contribution >= 0.6 is 0 Å². The maximum atomic E-state index is 13.1. The van der Waals surface area contributed by atoms with E-state index in [4.69, 9.17) is 9.15 Å². The van der Waals surface area contributed by atoms with Crippen molar-refractivity contribution in [3.05, 3.63) is 81.3 Å². The molecule has 4 rings (SSSR count). The summed E-state index contributed by atoms with van der Waals surface area (Å²) in [6.07, 6.45) is 2.61. The summed E-state index contributed by atoms with van der Waals surface area (Å²) in [6, 6.07) is 13.6. The van der Waals surface area contributed by atoms with Crippen molar-refractivity contribution in [1.82, 2.24) is 9.88 Å². The average molecular weight is 402 g/mol. The van der Waals surface area contributed by atoms with Gasteiger partial charge in [-0.25, -0.2) is 0 Å². The topological polar surface area (TPSA) is 55.6 Å². The van der Waals surface area contributed by atoms with E-state index in [-0.39, 0.29) is 5.43 Å². The van der Waals surface area contributed by atoms with E-state index in [9.17, 15) is 4.79 Å². The summed E-state index contributed by atoms with van der Waals surface area (Å²) in [5.41, 5.74) is 5.20. The van der Waals surface area contributed by atoms with Crippen molar-refractivity contribution in [3.8, 4) is 5.75 Å².